The van der Waals surface area contributed by atoms with Crippen LogP contribution in [-0.4, -0.2) is 40.1 Å². The molecule has 0 unspecified atom stereocenters. The highest BCUT2D eigenvalue weighted by Gasteiger charge is 2.72. The van der Waals surface area contributed by atoms with E-state index in [-0.39, 0.29) is 21.5 Å². The second kappa shape index (κ2) is 3.75. The lowest BCUT2D eigenvalue weighted by molar-refractivity contribution is 0.00578. The average Bonchev–Trinajstić information content (AvgIpc) is 2.39. The topological polar surface area (TPSA) is 38.7 Å². The van der Waals surface area contributed by atoms with Crippen LogP contribution >= 0.6 is 7.80 Å². The van der Waals surface area contributed by atoms with Crippen molar-refractivity contribution in [3.8, 4) is 0 Å². The van der Waals surface area contributed by atoms with Gasteiger partial charge in [0.2, 0.25) is 0 Å². The molecule has 0 bridgehead atoms. The lowest BCUT2D eigenvalue weighted by atomic mass is 9.54. The summed E-state index contributed by atoms with van der Waals surface area (Å²) >= 11 is 0. The first-order valence-corrected chi connectivity index (χ1v) is 8.09. The Labute approximate surface area is 113 Å². The summed E-state index contributed by atoms with van der Waals surface area (Å²) in [6, 6.07) is 0. The molecule has 0 aromatic heterocycles. The molecular formula is C12H25B2O3P. The molecule has 0 aromatic carbocycles. The van der Waals surface area contributed by atoms with Gasteiger partial charge in [-0.2, -0.15) is 0 Å². The van der Waals surface area contributed by atoms with Crippen molar-refractivity contribution in [2.75, 3.05) is 0 Å². The van der Waals surface area contributed by atoms with Crippen LogP contribution in [0.2, 0.25) is 0 Å². The lowest BCUT2D eigenvalue weighted by Crippen LogP contribution is -2.41. The van der Waals surface area contributed by atoms with Crippen molar-refractivity contribution in [2.24, 2.45) is 0 Å². The summed E-state index contributed by atoms with van der Waals surface area (Å²) < 4.78 is 11.9. The quantitative estimate of drug-likeness (QED) is 0.619. The van der Waals surface area contributed by atoms with E-state index in [1.807, 2.05) is 27.7 Å². The van der Waals surface area contributed by atoms with Crippen LogP contribution in [0.1, 0.15) is 55.4 Å². The molecule has 2 heterocycles. The molecule has 1 N–H and O–H groups in total. The van der Waals surface area contributed by atoms with Gasteiger partial charge in [0.15, 0.2) is 0 Å². The zero-order valence-electron chi connectivity index (χ0n) is 12.9. The lowest BCUT2D eigenvalue weighted by Gasteiger charge is -2.32. The van der Waals surface area contributed by atoms with Crippen LogP contribution in [0.25, 0.3) is 0 Å². The van der Waals surface area contributed by atoms with Crippen molar-refractivity contribution in [1.29, 1.82) is 0 Å². The van der Waals surface area contributed by atoms with E-state index in [0.717, 1.165) is 0 Å². The Kier molecular flexibility index (Phi) is 3.09. The van der Waals surface area contributed by atoms with E-state index in [2.05, 4.69) is 27.7 Å². The Hall–Kier alpha value is 0.440. The molecule has 3 nitrogen and oxygen atoms in total. The molecule has 2 aliphatic heterocycles. The summed E-state index contributed by atoms with van der Waals surface area (Å²) in [7, 11) is -0.971. The fraction of sp³-hybridized carbons (Fsp3) is 1.00. The number of rotatable bonds is 2. The normalized spacial score (nSPS) is 31.5. The Balaban J connectivity index is 2.13. The third kappa shape index (κ3) is 1.82. The van der Waals surface area contributed by atoms with Gasteiger partial charge in [-0.1, -0.05) is 35.5 Å². The maximum Gasteiger partial charge on any atom is 0.452 e. The zero-order chi connectivity index (χ0) is 14.1. The van der Waals surface area contributed by atoms with Gasteiger partial charge < -0.3 is 14.3 Å². The second-order valence-corrected chi connectivity index (χ2v) is 11.0. The molecule has 2 saturated heterocycles. The van der Waals surface area contributed by atoms with Crippen molar-refractivity contribution in [3.05, 3.63) is 0 Å². The van der Waals surface area contributed by atoms with Crippen molar-refractivity contribution >= 4 is 21.3 Å². The smallest absolute Gasteiger partial charge is 0.448 e. The highest BCUT2D eigenvalue weighted by molar-refractivity contribution is 8.04. The van der Waals surface area contributed by atoms with Gasteiger partial charge in [0.05, 0.1) is 11.2 Å². The average molecular weight is 270 g/mol. The maximum atomic E-state index is 10.6. The highest BCUT2D eigenvalue weighted by atomic mass is 31.1. The molecular weight excluding hydrogens is 245 g/mol. The maximum absolute atomic E-state index is 10.6. The predicted molar refractivity (Wildman–Crippen MR) is 79.1 cm³/mol. The molecule has 0 spiro atoms. The summed E-state index contributed by atoms with van der Waals surface area (Å²) in [6.07, 6.45) is 0. The molecule has 2 fully saturated rings. The van der Waals surface area contributed by atoms with Crippen LogP contribution in [0.4, 0.5) is 0 Å². The first-order chi connectivity index (χ1) is 7.84. The molecule has 2 rings (SSSR count). The van der Waals surface area contributed by atoms with E-state index < -0.39 is 21.3 Å². The number of hydrogen-bond acceptors (Lipinski definition) is 3. The molecule has 6 heteroatoms. The van der Waals surface area contributed by atoms with Gasteiger partial charge in [-0.15, -0.1) is 0 Å². The fourth-order valence-electron chi connectivity index (χ4n) is 2.75. The first kappa shape index (κ1) is 14.8. The van der Waals surface area contributed by atoms with Crippen LogP contribution in [0.3, 0.4) is 0 Å². The summed E-state index contributed by atoms with van der Waals surface area (Å²) in [6.45, 7) is 16.5. The molecule has 2 aliphatic rings. The first-order valence-electron chi connectivity index (χ1n) is 6.68. The van der Waals surface area contributed by atoms with Crippen molar-refractivity contribution < 1.29 is 14.3 Å². The second-order valence-electron chi connectivity index (χ2n) is 7.53. The molecule has 0 atom stereocenters. The molecule has 0 radical (unpaired) electrons. The predicted octanol–water partition coefficient (Wildman–Crippen LogP) is 2.69. The van der Waals surface area contributed by atoms with Crippen LogP contribution in [-0.2, 0) is 9.31 Å². The standard InChI is InChI=1S/C12H25B2O3P/c1-9(2)10(3,4)17-14(16-9)13(15)18-11(5,6)12(18,7)8/h15H,1-8H3. The number of hydrogen-bond donors (Lipinski definition) is 1. The zero-order valence-corrected chi connectivity index (χ0v) is 13.8. The van der Waals surface area contributed by atoms with Crippen LogP contribution in [0, 0.1) is 0 Å². The van der Waals surface area contributed by atoms with Gasteiger partial charge in [-0.25, -0.2) is 0 Å². The summed E-state index contributed by atoms with van der Waals surface area (Å²) in [5, 5.41) is 11.0. The molecule has 18 heavy (non-hydrogen) atoms. The largest absolute Gasteiger partial charge is 0.452 e. The third-order valence-corrected chi connectivity index (χ3v) is 9.51. The van der Waals surface area contributed by atoms with Gasteiger partial charge in [0.25, 0.3) is 0 Å². The van der Waals surface area contributed by atoms with E-state index in [1.165, 1.54) is 0 Å². The van der Waals surface area contributed by atoms with E-state index in [0.29, 0.717) is 0 Å². The Morgan fingerprint density at radius 1 is 0.833 bits per heavy atom. The van der Waals surface area contributed by atoms with Gasteiger partial charge >= 0.3 is 13.5 Å². The van der Waals surface area contributed by atoms with E-state index in [4.69, 9.17) is 9.31 Å². The molecule has 0 amide bonds. The van der Waals surface area contributed by atoms with Crippen LogP contribution < -0.4 is 0 Å². The minimum Gasteiger partial charge on any atom is -0.448 e. The van der Waals surface area contributed by atoms with Crippen LogP contribution in [0.15, 0.2) is 0 Å². The Morgan fingerprint density at radius 3 is 1.44 bits per heavy atom. The van der Waals surface area contributed by atoms with Gasteiger partial charge in [-0.3, -0.25) is 0 Å². The molecule has 102 valence electrons. The van der Waals surface area contributed by atoms with E-state index in [1.54, 1.807) is 0 Å². The molecule has 0 aromatic rings. The fourth-order valence-corrected chi connectivity index (χ4v) is 6.53. The van der Waals surface area contributed by atoms with E-state index in [9.17, 15) is 5.02 Å². The Bertz CT molecular complexity index is 338. The van der Waals surface area contributed by atoms with Gasteiger partial charge in [0, 0.05) is 0 Å². The summed E-state index contributed by atoms with van der Waals surface area (Å²) in [5.74, 6) is 0. The van der Waals surface area contributed by atoms with Gasteiger partial charge in [0.1, 0.15) is 0 Å². The highest BCUT2D eigenvalue weighted by Crippen LogP contribution is 2.83. The Morgan fingerprint density at radius 2 is 1.17 bits per heavy atom. The summed E-state index contributed by atoms with van der Waals surface area (Å²) in [4.78, 5) is 0. The van der Waals surface area contributed by atoms with Crippen molar-refractivity contribution in [1.82, 2.24) is 0 Å². The summed E-state index contributed by atoms with van der Waals surface area (Å²) in [5.41, 5.74) is -0.726. The van der Waals surface area contributed by atoms with E-state index >= 15 is 0 Å². The molecule has 0 aliphatic carbocycles. The minimum atomic E-state index is -0.494. The SMILES string of the molecule is CC1(C)OB(B(O)P2C(C)(C)C2(C)C)OC1(C)C. The molecule has 0 saturated carbocycles. The van der Waals surface area contributed by atoms with Crippen molar-refractivity contribution in [2.45, 2.75) is 76.9 Å². The van der Waals surface area contributed by atoms with Crippen LogP contribution in [0.5, 0.6) is 0 Å². The van der Waals surface area contributed by atoms with Gasteiger partial charge in [-0.05, 0) is 38.0 Å². The third-order valence-electron chi connectivity index (χ3n) is 5.43. The minimum absolute atomic E-state index is 0.200. The van der Waals surface area contributed by atoms with Crippen molar-refractivity contribution in [3.63, 3.8) is 0 Å². The monoisotopic (exact) mass is 270 g/mol.